The van der Waals surface area contributed by atoms with Gasteiger partial charge in [0.1, 0.15) is 0 Å². The molecule has 0 unspecified atom stereocenters. The molecule has 1 aromatic carbocycles. The Hall–Kier alpha value is -0.643. The van der Waals surface area contributed by atoms with E-state index in [1.54, 1.807) is 5.19 Å². The predicted molar refractivity (Wildman–Crippen MR) is 84.9 cm³/mol. The second-order valence-electron chi connectivity index (χ2n) is 5.99. The fourth-order valence-electron chi connectivity index (χ4n) is 3.45. The first kappa shape index (κ1) is 16.4. The fraction of sp³-hybridized carbons (Fsp3) is 0.625. The van der Waals surface area contributed by atoms with Gasteiger partial charge >= 0.3 is 0 Å². The maximum Gasteiger partial charge on any atom is 0.0845 e. The molecule has 3 heteroatoms. The zero-order chi connectivity index (χ0) is 14.5. The Bertz CT molecular complexity index is 384. The summed E-state index contributed by atoms with van der Waals surface area (Å²) in [5, 5.41) is 19.9. The summed E-state index contributed by atoms with van der Waals surface area (Å²) in [5.74, 6) is 0. The third-order valence-corrected chi connectivity index (χ3v) is 8.96. The van der Waals surface area contributed by atoms with E-state index < -0.39 is 8.07 Å². The van der Waals surface area contributed by atoms with E-state index in [0.29, 0.717) is 0 Å². The van der Waals surface area contributed by atoms with Crippen molar-refractivity contribution in [1.29, 1.82) is 0 Å². The van der Waals surface area contributed by atoms with Gasteiger partial charge in [0, 0.05) is 13.2 Å². The molecule has 19 heavy (non-hydrogen) atoms. The van der Waals surface area contributed by atoms with Crippen LogP contribution in [0.25, 0.3) is 0 Å². The molecule has 1 aromatic rings. The Balaban J connectivity index is 3.16. The summed E-state index contributed by atoms with van der Waals surface area (Å²) in [6.07, 6.45) is 1.75. The smallest absolute Gasteiger partial charge is 0.0845 e. The molecule has 0 saturated carbocycles. The largest absolute Gasteiger partial charge is 0.396 e. The number of aliphatic hydroxyl groups is 2. The van der Waals surface area contributed by atoms with Crippen molar-refractivity contribution in [2.24, 2.45) is 0 Å². The number of aliphatic hydroxyl groups excluding tert-OH is 2. The third-order valence-electron chi connectivity index (χ3n) is 4.05. The monoisotopic (exact) mass is 280 g/mol. The van der Waals surface area contributed by atoms with Crippen LogP contribution in [0.1, 0.15) is 29.5 Å². The molecule has 0 spiro atoms. The summed E-state index contributed by atoms with van der Waals surface area (Å²) < 4.78 is 0. The molecule has 108 valence electrons. The van der Waals surface area contributed by atoms with E-state index in [1.807, 2.05) is 0 Å². The van der Waals surface area contributed by atoms with Crippen LogP contribution in [0.15, 0.2) is 12.1 Å². The van der Waals surface area contributed by atoms with Crippen molar-refractivity contribution in [2.45, 2.75) is 52.2 Å². The Morgan fingerprint density at radius 1 is 0.895 bits per heavy atom. The Kier molecular flexibility index (Phi) is 6.24. The van der Waals surface area contributed by atoms with Crippen LogP contribution in [0.2, 0.25) is 18.6 Å². The van der Waals surface area contributed by atoms with Crippen molar-refractivity contribution in [3.8, 4) is 0 Å². The van der Waals surface area contributed by atoms with E-state index in [2.05, 4.69) is 39.5 Å². The van der Waals surface area contributed by atoms with E-state index >= 15 is 0 Å². The lowest BCUT2D eigenvalue weighted by atomic mass is 10.1. The molecule has 0 bridgehead atoms. The SMILES string of the molecule is Cc1cc(C)c([Si](C)(CCCO)CCCO)c(C)c1. The summed E-state index contributed by atoms with van der Waals surface area (Å²) in [4.78, 5) is 0. The Morgan fingerprint density at radius 3 is 1.68 bits per heavy atom. The quantitative estimate of drug-likeness (QED) is 0.754. The predicted octanol–water partition coefficient (Wildman–Crippen LogP) is 2.66. The van der Waals surface area contributed by atoms with Crippen molar-refractivity contribution in [3.05, 3.63) is 28.8 Å². The van der Waals surface area contributed by atoms with Crippen molar-refractivity contribution in [2.75, 3.05) is 13.2 Å². The fourth-order valence-corrected chi connectivity index (χ4v) is 8.12. The highest BCUT2D eigenvalue weighted by Gasteiger charge is 2.31. The van der Waals surface area contributed by atoms with Crippen molar-refractivity contribution in [3.63, 3.8) is 0 Å². The van der Waals surface area contributed by atoms with Gasteiger partial charge in [-0.2, -0.15) is 0 Å². The maximum absolute atomic E-state index is 9.16. The van der Waals surface area contributed by atoms with Crippen LogP contribution in [0.5, 0.6) is 0 Å². The van der Waals surface area contributed by atoms with Crippen LogP contribution in [-0.4, -0.2) is 31.5 Å². The summed E-state index contributed by atoms with van der Waals surface area (Å²) >= 11 is 0. The molecule has 0 aromatic heterocycles. The van der Waals surface area contributed by atoms with Crippen molar-refractivity contribution < 1.29 is 10.2 Å². The first-order chi connectivity index (χ1) is 8.94. The lowest BCUT2D eigenvalue weighted by Gasteiger charge is -2.31. The molecule has 2 nitrogen and oxygen atoms in total. The van der Waals surface area contributed by atoms with Crippen LogP contribution in [0.4, 0.5) is 0 Å². The zero-order valence-corrected chi connectivity index (χ0v) is 13.8. The minimum atomic E-state index is -1.60. The molecular formula is C16H28O2Si. The average molecular weight is 280 g/mol. The van der Waals surface area contributed by atoms with Crippen LogP contribution in [0.3, 0.4) is 0 Å². The molecule has 0 aliphatic heterocycles. The number of hydrogen-bond donors (Lipinski definition) is 2. The normalized spacial score (nSPS) is 11.9. The number of aryl methyl sites for hydroxylation is 3. The van der Waals surface area contributed by atoms with Crippen LogP contribution < -0.4 is 5.19 Å². The van der Waals surface area contributed by atoms with E-state index in [4.69, 9.17) is 10.2 Å². The van der Waals surface area contributed by atoms with Gasteiger partial charge in [0.05, 0.1) is 8.07 Å². The number of rotatable bonds is 7. The highest BCUT2D eigenvalue weighted by Crippen LogP contribution is 2.23. The molecule has 2 N–H and O–H groups in total. The summed E-state index contributed by atoms with van der Waals surface area (Å²) in [6, 6.07) is 6.75. The van der Waals surface area contributed by atoms with Gasteiger partial charge in [-0.15, -0.1) is 0 Å². The van der Waals surface area contributed by atoms with Crippen LogP contribution in [-0.2, 0) is 0 Å². The Morgan fingerprint density at radius 2 is 1.32 bits per heavy atom. The van der Waals surface area contributed by atoms with Gasteiger partial charge in [-0.05, 0) is 33.6 Å². The molecular weight excluding hydrogens is 252 g/mol. The summed E-state index contributed by atoms with van der Waals surface area (Å²) in [5.41, 5.74) is 4.10. The maximum atomic E-state index is 9.16. The Labute approximate surface area is 118 Å². The second kappa shape index (κ2) is 7.22. The highest BCUT2D eigenvalue weighted by atomic mass is 28.3. The summed E-state index contributed by atoms with van der Waals surface area (Å²) in [7, 11) is -1.60. The standard InChI is InChI=1S/C16H28O2Si/c1-13-11-14(2)16(15(3)12-13)19(4,9-5-7-17)10-6-8-18/h11-12,17-18H,5-10H2,1-4H3. The average Bonchev–Trinajstić information content (AvgIpc) is 2.32. The van der Waals surface area contributed by atoms with Gasteiger partial charge in [0.2, 0.25) is 0 Å². The van der Waals surface area contributed by atoms with Crippen LogP contribution >= 0.6 is 0 Å². The second-order valence-corrected chi connectivity index (χ2v) is 10.6. The highest BCUT2D eigenvalue weighted by molar-refractivity contribution is 6.91. The van der Waals surface area contributed by atoms with Gasteiger partial charge in [-0.1, -0.05) is 52.6 Å². The lowest BCUT2D eigenvalue weighted by molar-refractivity contribution is 0.291. The van der Waals surface area contributed by atoms with E-state index in [1.165, 1.54) is 16.7 Å². The molecule has 0 heterocycles. The molecule has 0 fully saturated rings. The number of hydrogen-bond acceptors (Lipinski definition) is 2. The number of benzene rings is 1. The topological polar surface area (TPSA) is 40.5 Å². The van der Waals surface area contributed by atoms with Gasteiger partial charge < -0.3 is 10.2 Å². The molecule has 1 rings (SSSR count). The van der Waals surface area contributed by atoms with E-state index in [0.717, 1.165) is 24.9 Å². The van der Waals surface area contributed by atoms with Crippen molar-refractivity contribution in [1.82, 2.24) is 0 Å². The van der Waals surface area contributed by atoms with Gasteiger partial charge in [0.25, 0.3) is 0 Å². The molecule has 0 aliphatic rings. The summed E-state index contributed by atoms with van der Waals surface area (Å²) in [6.45, 7) is 9.50. The van der Waals surface area contributed by atoms with Crippen molar-refractivity contribution >= 4 is 13.3 Å². The van der Waals surface area contributed by atoms with E-state index in [9.17, 15) is 0 Å². The van der Waals surface area contributed by atoms with E-state index in [-0.39, 0.29) is 13.2 Å². The molecule has 0 saturated heterocycles. The third kappa shape index (κ3) is 4.16. The molecule has 0 atom stereocenters. The van der Waals surface area contributed by atoms with Gasteiger partial charge in [-0.3, -0.25) is 0 Å². The molecule has 0 amide bonds. The molecule has 0 radical (unpaired) electrons. The van der Waals surface area contributed by atoms with Gasteiger partial charge in [0.15, 0.2) is 0 Å². The minimum absolute atomic E-state index is 0.270. The zero-order valence-electron chi connectivity index (χ0n) is 12.8. The first-order valence-corrected chi connectivity index (χ1v) is 10.2. The minimum Gasteiger partial charge on any atom is -0.396 e. The van der Waals surface area contributed by atoms with Gasteiger partial charge in [-0.25, -0.2) is 0 Å². The molecule has 0 aliphatic carbocycles. The van der Waals surface area contributed by atoms with Crippen LogP contribution in [0, 0.1) is 20.8 Å². The first-order valence-electron chi connectivity index (χ1n) is 7.24. The lowest BCUT2D eigenvalue weighted by Crippen LogP contribution is -2.47.